The molecule has 1 aromatic rings. The minimum absolute atomic E-state index is 0.662. The Morgan fingerprint density at radius 2 is 1.69 bits per heavy atom. The number of methoxy groups -OCH3 is 1. The lowest BCUT2D eigenvalue weighted by Gasteiger charge is -2.05. The number of unbranched alkanes of at least 4 members (excludes halogenated alkanes) is 1. The molecule has 2 heteroatoms. The van der Waals surface area contributed by atoms with Gasteiger partial charge in [0, 0.05) is 7.11 Å². The van der Waals surface area contributed by atoms with Crippen LogP contribution in [0.25, 0.3) is 0 Å². The predicted molar refractivity (Wildman–Crippen MR) is 68.9 cm³/mol. The Morgan fingerprint density at radius 3 is 2.19 bits per heavy atom. The van der Waals surface area contributed by atoms with E-state index in [1.54, 1.807) is 7.11 Å². The molecule has 0 radical (unpaired) electrons. The summed E-state index contributed by atoms with van der Waals surface area (Å²) in [6.45, 7) is 7.63. The first-order valence-corrected chi connectivity index (χ1v) is 6.07. The molecule has 0 aliphatic rings. The molecule has 0 aromatic heterocycles. The van der Waals surface area contributed by atoms with E-state index in [2.05, 4.69) is 6.92 Å². The van der Waals surface area contributed by atoms with Gasteiger partial charge >= 0.3 is 0 Å². The molecule has 0 N–H and O–H groups in total. The third-order valence-electron chi connectivity index (χ3n) is 2.00. The second-order valence-electron chi connectivity index (χ2n) is 3.28. The maximum atomic E-state index is 5.54. The minimum atomic E-state index is 0.662. The molecular formula is C14H24O2. The van der Waals surface area contributed by atoms with Gasteiger partial charge in [-0.05, 0) is 24.1 Å². The second-order valence-corrected chi connectivity index (χ2v) is 3.28. The first kappa shape index (κ1) is 15.0. The lowest BCUT2D eigenvalue weighted by Crippen LogP contribution is -1.96. The van der Waals surface area contributed by atoms with E-state index in [0.717, 1.165) is 18.8 Å². The molecule has 0 spiro atoms. The Labute approximate surface area is 99.6 Å². The Kier molecular flexibility index (Phi) is 9.83. The summed E-state index contributed by atoms with van der Waals surface area (Å²) >= 11 is 0. The quantitative estimate of drug-likeness (QED) is 0.679. The lowest BCUT2D eigenvalue weighted by molar-refractivity contribution is 0.185. The van der Waals surface area contributed by atoms with Crippen LogP contribution in [0.1, 0.15) is 39.2 Å². The van der Waals surface area contributed by atoms with E-state index in [1.807, 2.05) is 38.1 Å². The molecule has 0 bridgehead atoms. The fraction of sp³-hybridized carbons (Fsp3) is 0.571. The Morgan fingerprint density at radius 1 is 1.06 bits per heavy atom. The van der Waals surface area contributed by atoms with E-state index in [1.165, 1.54) is 12.0 Å². The van der Waals surface area contributed by atoms with E-state index >= 15 is 0 Å². The molecule has 0 aliphatic carbocycles. The fourth-order valence-corrected chi connectivity index (χ4v) is 1.18. The molecule has 0 saturated carbocycles. The minimum Gasteiger partial charge on any atom is -0.494 e. The van der Waals surface area contributed by atoms with Crippen LogP contribution in [-0.4, -0.2) is 13.7 Å². The van der Waals surface area contributed by atoms with Crippen LogP contribution in [0.5, 0.6) is 5.75 Å². The molecule has 16 heavy (non-hydrogen) atoms. The monoisotopic (exact) mass is 224 g/mol. The normalized spacial score (nSPS) is 9.25. The van der Waals surface area contributed by atoms with Crippen molar-refractivity contribution >= 4 is 0 Å². The average molecular weight is 224 g/mol. The summed E-state index contributed by atoms with van der Waals surface area (Å²) in [4.78, 5) is 0. The molecule has 0 amide bonds. The van der Waals surface area contributed by atoms with Gasteiger partial charge in [-0.25, -0.2) is 0 Å². The zero-order chi connectivity index (χ0) is 12.2. The highest BCUT2D eigenvalue weighted by Gasteiger charge is 1.94. The van der Waals surface area contributed by atoms with Crippen molar-refractivity contribution in [2.24, 2.45) is 0 Å². The van der Waals surface area contributed by atoms with Crippen molar-refractivity contribution < 1.29 is 9.47 Å². The van der Waals surface area contributed by atoms with Gasteiger partial charge in [-0.1, -0.05) is 39.3 Å². The van der Waals surface area contributed by atoms with Crippen LogP contribution >= 0.6 is 0 Å². The van der Waals surface area contributed by atoms with Gasteiger partial charge in [0.25, 0.3) is 0 Å². The van der Waals surface area contributed by atoms with Crippen LogP contribution in [-0.2, 0) is 11.3 Å². The van der Waals surface area contributed by atoms with Crippen LogP contribution in [0.2, 0.25) is 0 Å². The fourth-order valence-electron chi connectivity index (χ4n) is 1.18. The summed E-state index contributed by atoms with van der Waals surface area (Å²) in [7, 11) is 1.70. The van der Waals surface area contributed by atoms with Crippen molar-refractivity contribution in [3.8, 4) is 5.75 Å². The van der Waals surface area contributed by atoms with E-state index in [9.17, 15) is 0 Å². The van der Waals surface area contributed by atoms with Gasteiger partial charge < -0.3 is 9.47 Å². The van der Waals surface area contributed by atoms with Crippen LogP contribution in [0.3, 0.4) is 0 Å². The topological polar surface area (TPSA) is 18.5 Å². The first-order chi connectivity index (χ1) is 7.86. The predicted octanol–water partition coefficient (Wildman–Crippen LogP) is 4.04. The number of benzene rings is 1. The van der Waals surface area contributed by atoms with Gasteiger partial charge in [0.05, 0.1) is 13.2 Å². The van der Waals surface area contributed by atoms with E-state index in [0.29, 0.717) is 6.61 Å². The summed E-state index contributed by atoms with van der Waals surface area (Å²) < 4.78 is 10.6. The largest absolute Gasteiger partial charge is 0.494 e. The summed E-state index contributed by atoms with van der Waals surface area (Å²) in [5.41, 5.74) is 1.18. The maximum Gasteiger partial charge on any atom is 0.119 e. The molecule has 0 unspecified atom stereocenters. The smallest absolute Gasteiger partial charge is 0.119 e. The second kappa shape index (κ2) is 10.5. The highest BCUT2D eigenvalue weighted by Crippen LogP contribution is 2.12. The molecular weight excluding hydrogens is 200 g/mol. The van der Waals surface area contributed by atoms with Gasteiger partial charge in [0.15, 0.2) is 0 Å². The SMILES string of the molecule is CC.CCCCOc1ccc(COC)cc1. The summed E-state index contributed by atoms with van der Waals surface area (Å²) in [5.74, 6) is 0.943. The van der Waals surface area contributed by atoms with Crippen LogP contribution < -0.4 is 4.74 Å². The van der Waals surface area contributed by atoms with Gasteiger partial charge in [0.2, 0.25) is 0 Å². The molecule has 0 aliphatic heterocycles. The molecule has 0 saturated heterocycles. The molecule has 92 valence electrons. The van der Waals surface area contributed by atoms with Gasteiger partial charge in [0.1, 0.15) is 5.75 Å². The Balaban J connectivity index is 0.00000106. The number of hydrogen-bond donors (Lipinski definition) is 0. The standard InChI is InChI=1S/C12H18O2.C2H6/c1-3-4-9-14-12-7-5-11(6-8-12)10-13-2;1-2/h5-8H,3-4,9-10H2,1-2H3;1-2H3. The van der Waals surface area contributed by atoms with E-state index in [-0.39, 0.29) is 0 Å². The summed E-state index contributed by atoms with van der Waals surface area (Å²) in [6.07, 6.45) is 2.28. The zero-order valence-electron chi connectivity index (χ0n) is 11.0. The van der Waals surface area contributed by atoms with Crippen LogP contribution in [0.15, 0.2) is 24.3 Å². The van der Waals surface area contributed by atoms with Gasteiger partial charge in [-0.3, -0.25) is 0 Å². The van der Waals surface area contributed by atoms with Crippen molar-refractivity contribution in [3.05, 3.63) is 29.8 Å². The van der Waals surface area contributed by atoms with Crippen molar-refractivity contribution in [2.75, 3.05) is 13.7 Å². The Hall–Kier alpha value is -1.02. The van der Waals surface area contributed by atoms with Crippen molar-refractivity contribution in [3.63, 3.8) is 0 Å². The maximum absolute atomic E-state index is 5.54. The molecule has 1 rings (SSSR count). The third-order valence-corrected chi connectivity index (χ3v) is 2.00. The van der Waals surface area contributed by atoms with Gasteiger partial charge in [-0.15, -0.1) is 0 Å². The van der Waals surface area contributed by atoms with E-state index < -0.39 is 0 Å². The highest BCUT2D eigenvalue weighted by atomic mass is 16.5. The molecule has 2 nitrogen and oxygen atoms in total. The number of hydrogen-bond acceptors (Lipinski definition) is 2. The zero-order valence-corrected chi connectivity index (χ0v) is 11.0. The lowest BCUT2D eigenvalue weighted by atomic mass is 10.2. The summed E-state index contributed by atoms with van der Waals surface area (Å²) in [6, 6.07) is 8.05. The van der Waals surface area contributed by atoms with Crippen molar-refractivity contribution in [1.29, 1.82) is 0 Å². The van der Waals surface area contributed by atoms with Crippen LogP contribution in [0.4, 0.5) is 0 Å². The average Bonchev–Trinajstić information content (AvgIpc) is 2.35. The molecule has 0 heterocycles. The van der Waals surface area contributed by atoms with Crippen molar-refractivity contribution in [1.82, 2.24) is 0 Å². The van der Waals surface area contributed by atoms with Crippen molar-refractivity contribution in [2.45, 2.75) is 40.2 Å². The molecule has 0 fully saturated rings. The summed E-state index contributed by atoms with van der Waals surface area (Å²) in [5, 5.41) is 0. The van der Waals surface area contributed by atoms with E-state index in [4.69, 9.17) is 9.47 Å². The van der Waals surface area contributed by atoms with Crippen LogP contribution in [0, 0.1) is 0 Å². The number of ether oxygens (including phenoxy) is 2. The third kappa shape index (κ3) is 6.46. The molecule has 1 aromatic carbocycles. The Bertz CT molecular complexity index is 241. The number of rotatable bonds is 6. The molecule has 0 atom stereocenters. The van der Waals surface area contributed by atoms with Gasteiger partial charge in [-0.2, -0.15) is 0 Å². The first-order valence-electron chi connectivity index (χ1n) is 6.07. The highest BCUT2D eigenvalue weighted by molar-refractivity contribution is 5.26.